The fraction of sp³-hybridized carbons (Fsp3) is 0.833. The van der Waals surface area contributed by atoms with E-state index in [-0.39, 0.29) is 0 Å². The van der Waals surface area contributed by atoms with Crippen molar-refractivity contribution in [2.45, 2.75) is 18.9 Å². The molecule has 0 spiro atoms. The van der Waals surface area contributed by atoms with Crippen molar-refractivity contribution in [2.75, 3.05) is 13.6 Å². The van der Waals surface area contributed by atoms with Gasteiger partial charge in [-0.25, -0.2) is 5.48 Å². The summed E-state index contributed by atoms with van der Waals surface area (Å²) < 4.78 is 0. The Bertz CT molecular complexity index is 118. The van der Waals surface area contributed by atoms with Crippen LogP contribution in [0.3, 0.4) is 0 Å². The lowest BCUT2D eigenvalue weighted by molar-refractivity contribution is -0.139. The van der Waals surface area contributed by atoms with E-state index in [2.05, 4.69) is 5.32 Å². The minimum Gasteiger partial charge on any atom is -0.480 e. The lowest BCUT2D eigenvalue weighted by Gasteiger charge is -2.09. The van der Waals surface area contributed by atoms with Crippen molar-refractivity contribution < 1.29 is 15.1 Å². The third kappa shape index (κ3) is 4.72. The predicted molar refractivity (Wildman–Crippen MR) is 39.5 cm³/mol. The van der Waals surface area contributed by atoms with Crippen LogP contribution in [0.4, 0.5) is 0 Å². The van der Waals surface area contributed by atoms with Gasteiger partial charge in [0, 0.05) is 6.54 Å². The summed E-state index contributed by atoms with van der Waals surface area (Å²) in [5.74, 6) is -0.856. The Morgan fingerprint density at radius 2 is 2.27 bits per heavy atom. The maximum absolute atomic E-state index is 10.4. The van der Waals surface area contributed by atoms with E-state index in [0.29, 0.717) is 19.4 Å². The molecule has 0 radical (unpaired) electrons. The SMILES string of the molecule is CN[C@@H](CCCNO)C(=O)O. The summed E-state index contributed by atoms with van der Waals surface area (Å²) in [6, 6.07) is -0.511. The molecule has 66 valence electrons. The maximum atomic E-state index is 10.4. The molecule has 0 aliphatic heterocycles. The molecule has 0 aromatic rings. The minimum absolute atomic E-state index is 0.422. The molecule has 0 aromatic carbocycles. The van der Waals surface area contributed by atoms with Gasteiger partial charge >= 0.3 is 5.97 Å². The van der Waals surface area contributed by atoms with Gasteiger partial charge in [-0.05, 0) is 19.9 Å². The Labute approximate surface area is 65.4 Å². The van der Waals surface area contributed by atoms with Gasteiger partial charge in [-0.1, -0.05) is 0 Å². The van der Waals surface area contributed by atoms with Crippen molar-refractivity contribution >= 4 is 5.97 Å². The zero-order valence-corrected chi connectivity index (χ0v) is 6.50. The molecule has 0 rings (SSSR count). The van der Waals surface area contributed by atoms with Crippen LogP contribution in [0.25, 0.3) is 0 Å². The first kappa shape index (κ1) is 10.3. The van der Waals surface area contributed by atoms with Gasteiger partial charge < -0.3 is 15.6 Å². The van der Waals surface area contributed by atoms with Gasteiger partial charge in [-0.2, -0.15) is 0 Å². The second-order valence-corrected chi connectivity index (χ2v) is 2.23. The highest BCUT2D eigenvalue weighted by molar-refractivity contribution is 5.73. The number of carboxylic acid groups (broad SMARTS) is 1. The molecule has 0 bridgehead atoms. The van der Waals surface area contributed by atoms with Gasteiger partial charge in [0.15, 0.2) is 0 Å². The monoisotopic (exact) mass is 162 g/mol. The quantitative estimate of drug-likeness (QED) is 0.310. The molecule has 0 aliphatic carbocycles. The molecule has 0 aliphatic rings. The fourth-order valence-corrected chi connectivity index (χ4v) is 0.777. The van der Waals surface area contributed by atoms with E-state index >= 15 is 0 Å². The fourth-order valence-electron chi connectivity index (χ4n) is 0.777. The summed E-state index contributed by atoms with van der Waals surface area (Å²) in [7, 11) is 1.60. The molecule has 1 atom stereocenters. The first-order valence-corrected chi connectivity index (χ1v) is 3.49. The summed E-state index contributed by atoms with van der Waals surface area (Å²) >= 11 is 0. The van der Waals surface area contributed by atoms with E-state index in [4.69, 9.17) is 10.3 Å². The first-order chi connectivity index (χ1) is 5.22. The molecule has 5 heteroatoms. The van der Waals surface area contributed by atoms with Gasteiger partial charge in [0.1, 0.15) is 6.04 Å². The standard InChI is InChI=1S/C6H14N2O3/c1-7-5(6(9)10)3-2-4-8-11/h5,7-8,11H,2-4H2,1H3,(H,9,10)/t5-/m0/s1. The average Bonchev–Trinajstić information content (AvgIpc) is 1.97. The number of likely N-dealkylation sites (N-methyl/N-ethyl adjacent to an activating group) is 1. The van der Waals surface area contributed by atoms with Crippen LogP contribution in [0, 0.1) is 0 Å². The van der Waals surface area contributed by atoms with Crippen molar-refractivity contribution in [3.8, 4) is 0 Å². The van der Waals surface area contributed by atoms with Gasteiger partial charge in [0.25, 0.3) is 0 Å². The second-order valence-electron chi connectivity index (χ2n) is 2.23. The molecular formula is C6H14N2O3. The first-order valence-electron chi connectivity index (χ1n) is 3.49. The molecule has 0 saturated heterocycles. The van der Waals surface area contributed by atoms with E-state index in [1.165, 1.54) is 0 Å². The number of carboxylic acids is 1. The van der Waals surface area contributed by atoms with Crippen LogP contribution in [0.15, 0.2) is 0 Å². The third-order valence-corrected chi connectivity index (χ3v) is 1.43. The van der Waals surface area contributed by atoms with E-state index in [1.54, 1.807) is 7.05 Å². The number of nitrogens with one attached hydrogen (secondary N) is 2. The second kappa shape index (κ2) is 6.09. The zero-order chi connectivity index (χ0) is 8.69. The summed E-state index contributed by atoms with van der Waals surface area (Å²) in [4.78, 5) is 10.4. The molecule has 5 nitrogen and oxygen atoms in total. The average molecular weight is 162 g/mol. The minimum atomic E-state index is -0.856. The lowest BCUT2D eigenvalue weighted by atomic mass is 10.1. The summed E-state index contributed by atoms with van der Waals surface area (Å²) in [5.41, 5.74) is 1.97. The number of hydrogen-bond donors (Lipinski definition) is 4. The summed E-state index contributed by atoms with van der Waals surface area (Å²) in [5, 5.41) is 19.4. The Morgan fingerprint density at radius 3 is 2.64 bits per heavy atom. The molecule has 0 heterocycles. The van der Waals surface area contributed by atoms with E-state index in [9.17, 15) is 4.79 Å². The van der Waals surface area contributed by atoms with Crippen molar-refractivity contribution in [1.29, 1.82) is 0 Å². The van der Waals surface area contributed by atoms with Crippen LogP contribution in [0.2, 0.25) is 0 Å². The number of rotatable bonds is 6. The lowest BCUT2D eigenvalue weighted by Crippen LogP contribution is -2.34. The zero-order valence-electron chi connectivity index (χ0n) is 6.50. The molecular weight excluding hydrogens is 148 g/mol. The van der Waals surface area contributed by atoms with Gasteiger partial charge in [-0.3, -0.25) is 4.79 Å². The van der Waals surface area contributed by atoms with Gasteiger partial charge in [0.2, 0.25) is 0 Å². The highest BCUT2D eigenvalue weighted by Crippen LogP contribution is 1.95. The Hall–Kier alpha value is -0.650. The number of carbonyl (C=O) groups is 1. The van der Waals surface area contributed by atoms with Crippen molar-refractivity contribution in [3.05, 3.63) is 0 Å². The van der Waals surface area contributed by atoms with Crippen LogP contribution in [0.5, 0.6) is 0 Å². The Kier molecular flexibility index (Phi) is 5.73. The molecule has 4 N–H and O–H groups in total. The normalized spacial score (nSPS) is 12.9. The third-order valence-electron chi connectivity index (χ3n) is 1.43. The van der Waals surface area contributed by atoms with Crippen LogP contribution in [-0.2, 0) is 4.79 Å². The van der Waals surface area contributed by atoms with Crippen molar-refractivity contribution in [2.24, 2.45) is 0 Å². The number of hydroxylamine groups is 1. The molecule has 0 amide bonds. The smallest absolute Gasteiger partial charge is 0.320 e. The van der Waals surface area contributed by atoms with Crippen molar-refractivity contribution in [1.82, 2.24) is 10.8 Å². The van der Waals surface area contributed by atoms with Crippen LogP contribution in [0.1, 0.15) is 12.8 Å². The highest BCUT2D eigenvalue weighted by atomic mass is 16.5. The van der Waals surface area contributed by atoms with E-state index in [0.717, 1.165) is 0 Å². The van der Waals surface area contributed by atoms with Gasteiger partial charge in [-0.15, -0.1) is 0 Å². The van der Waals surface area contributed by atoms with Crippen LogP contribution < -0.4 is 10.8 Å². The number of hydrogen-bond acceptors (Lipinski definition) is 4. The van der Waals surface area contributed by atoms with Crippen molar-refractivity contribution in [3.63, 3.8) is 0 Å². The van der Waals surface area contributed by atoms with E-state index in [1.807, 2.05) is 5.48 Å². The molecule has 0 unspecified atom stereocenters. The highest BCUT2D eigenvalue weighted by Gasteiger charge is 2.12. The molecule has 0 fully saturated rings. The molecule has 0 aromatic heterocycles. The topological polar surface area (TPSA) is 81.6 Å². The van der Waals surface area contributed by atoms with E-state index < -0.39 is 12.0 Å². The summed E-state index contributed by atoms with van der Waals surface area (Å²) in [6.07, 6.45) is 1.15. The Morgan fingerprint density at radius 1 is 1.64 bits per heavy atom. The molecule has 11 heavy (non-hydrogen) atoms. The Balaban J connectivity index is 3.44. The van der Waals surface area contributed by atoms with Crippen LogP contribution in [-0.4, -0.2) is 35.9 Å². The maximum Gasteiger partial charge on any atom is 0.320 e. The van der Waals surface area contributed by atoms with Crippen LogP contribution >= 0.6 is 0 Å². The largest absolute Gasteiger partial charge is 0.480 e. The van der Waals surface area contributed by atoms with Gasteiger partial charge in [0.05, 0.1) is 0 Å². The number of aliphatic carboxylic acids is 1. The predicted octanol–water partition coefficient (Wildman–Crippen LogP) is -0.582. The molecule has 0 saturated carbocycles. The summed E-state index contributed by atoms with van der Waals surface area (Å²) in [6.45, 7) is 0.422.